The van der Waals surface area contributed by atoms with Crippen LogP contribution in [0.15, 0.2) is 24.3 Å². The summed E-state index contributed by atoms with van der Waals surface area (Å²) in [6.07, 6.45) is 0.730. The van der Waals surface area contributed by atoms with Crippen LogP contribution in [0, 0.1) is 11.7 Å². The van der Waals surface area contributed by atoms with E-state index in [4.69, 9.17) is 0 Å². The Morgan fingerprint density at radius 1 is 1.43 bits per heavy atom. The molecule has 4 nitrogen and oxygen atoms in total. The number of halogens is 1. The summed E-state index contributed by atoms with van der Waals surface area (Å²) in [4.78, 5) is 12.1. The molecule has 0 aliphatic carbocycles. The lowest BCUT2D eigenvalue weighted by Gasteiger charge is -2.27. The van der Waals surface area contributed by atoms with Crippen molar-refractivity contribution in [2.24, 2.45) is 5.92 Å². The number of carbonyl (C=O) groups is 1. The van der Waals surface area contributed by atoms with E-state index < -0.39 is 15.4 Å². The van der Waals surface area contributed by atoms with Gasteiger partial charge in [-0.2, -0.15) is 0 Å². The first-order valence-corrected chi connectivity index (χ1v) is 8.77. The lowest BCUT2D eigenvalue weighted by Crippen LogP contribution is -2.41. The Bertz CT molecular complexity index is 640. The zero-order valence-corrected chi connectivity index (χ0v) is 13.0. The third-order valence-corrected chi connectivity index (χ3v) is 5.64. The van der Waals surface area contributed by atoms with Gasteiger partial charge in [0.2, 0.25) is 5.91 Å². The molecule has 0 spiro atoms. The number of rotatable bonds is 4. The second kappa shape index (κ2) is 5.75. The molecule has 1 aliphatic heterocycles. The number of hydrogen-bond donors (Lipinski definition) is 1. The van der Waals surface area contributed by atoms with E-state index in [1.165, 1.54) is 12.1 Å². The normalized spacial score (nSPS) is 21.2. The van der Waals surface area contributed by atoms with Gasteiger partial charge in [-0.1, -0.05) is 12.1 Å². The maximum Gasteiger partial charge on any atom is 0.220 e. The molecule has 0 radical (unpaired) electrons. The molecule has 1 amide bonds. The fraction of sp³-hybridized carbons (Fsp3) is 0.533. The maximum absolute atomic E-state index is 13.3. The number of hydrogen-bond acceptors (Lipinski definition) is 3. The fourth-order valence-electron chi connectivity index (χ4n) is 2.64. The van der Waals surface area contributed by atoms with Crippen molar-refractivity contribution < 1.29 is 17.6 Å². The number of carbonyl (C=O) groups excluding carboxylic acids is 1. The smallest absolute Gasteiger partial charge is 0.220 e. The lowest BCUT2D eigenvalue weighted by atomic mass is 9.93. The molecule has 1 aromatic carbocycles. The molecular weight excluding hydrogens is 293 g/mol. The van der Waals surface area contributed by atoms with Gasteiger partial charge < -0.3 is 5.32 Å². The predicted molar refractivity (Wildman–Crippen MR) is 78.9 cm³/mol. The summed E-state index contributed by atoms with van der Waals surface area (Å²) in [5, 5.41) is 2.85. The van der Waals surface area contributed by atoms with Crippen molar-refractivity contribution in [1.29, 1.82) is 0 Å². The molecule has 1 fully saturated rings. The zero-order valence-electron chi connectivity index (χ0n) is 12.2. The number of sulfone groups is 1. The van der Waals surface area contributed by atoms with Gasteiger partial charge in [0.15, 0.2) is 9.84 Å². The van der Waals surface area contributed by atoms with Gasteiger partial charge >= 0.3 is 0 Å². The molecule has 6 heteroatoms. The van der Waals surface area contributed by atoms with Crippen molar-refractivity contribution in [3.63, 3.8) is 0 Å². The SMILES string of the molecule is CC(C)(NC(=O)CC1CCS(=O)(=O)C1)c1cccc(F)c1. The average molecular weight is 313 g/mol. The van der Waals surface area contributed by atoms with Gasteiger partial charge in [-0.15, -0.1) is 0 Å². The molecule has 116 valence electrons. The number of benzene rings is 1. The minimum atomic E-state index is -2.97. The number of nitrogens with one attached hydrogen (secondary N) is 1. The molecule has 1 aliphatic rings. The topological polar surface area (TPSA) is 63.2 Å². The molecule has 1 saturated heterocycles. The van der Waals surface area contributed by atoms with Crippen LogP contribution in [0.2, 0.25) is 0 Å². The molecular formula is C15H20FNO3S. The van der Waals surface area contributed by atoms with Crippen LogP contribution in [-0.2, 0) is 20.2 Å². The molecule has 1 unspecified atom stereocenters. The summed E-state index contributed by atoms with van der Waals surface area (Å²) in [6, 6.07) is 6.09. The Labute approximate surface area is 124 Å². The van der Waals surface area contributed by atoms with Gasteiger partial charge in [-0.3, -0.25) is 4.79 Å². The van der Waals surface area contributed by atoms with Crippen molar-refractivity contribution in [1.82, 2.24) is 5.32 Å². The summed E-state index contributed by atoms with van der Waals surface area (Å²) in [5.74, 6) is -0.416. The molecule has 0 bridgehead atoms. The van der Waals surface area contributed by atoms with E-state index in [-0.39, 0.29) is 35.6 Å². The largest absolute Gasteiger partial charge is 0.347 e. The van der Waals surface area contributed by atoms with Crippen molar-refractivity contribution in [2.75, 3.05) is 11.5 Å². The maximum atomic E-state index is 13.3. The molecule has 0 saturated carbocycles. The van der Waals surface area contributed by atoms with Crippen LogP contribution in [0.3, 0.4) is 0 Å². The highest BCUT2D eigenvalue weighted by molar-refractivity contribution is 7.91. The molecule has 1 aromatic rings. The summed E-state index contributed by atoms with van der Waals surface area (Å²) < 4.78 is 36.1. The Morgan fingerprint density at radius 2 is 2.14 bits per heavy atom. The first-order chi connectivity index (χ1) is 9.68. The van der Waals surface area contributed by atoms with Crippen molar-refractivity contribution in [3.05, 3.63) is 35.6 Å². The Balaban J connectivity index is 1.98. The fourth-order valence-corrected chi connectivity index (χ4v) is 4.51. The van der Waals surface area contributed by atoms with Crippen LogP contribution in [0.5, 0.6) is 0 Å². The average Bonchev–Trinajstić information content (AvgIpc) is 2.67. The summed E-state index contributed by atoms with van der Waals surface area (Å²) >= 11 is 0. The third kappa shape index (κ3) is 4.27. The second-order valence-electron chi connectivity index (χ2n) is 6.16. The van der Waals surface area contributed by atoms with Crippen LogP contribution >= 0.6 is 0 Å². The van der Waals surface area contributed by atoms with E-state index in [0.29, 0.717) is 12.0 Å². The highest BCUT2D eigenvalue weighted by Crippen LogP contribution is 2.24. The van der Waals surface area contributed by atoms with E-state index in [1.54, 1.807) is 26.0 Å². The Kier molecular flexibility index (Phi) is 4.37. The summed E-state index contributed by atoms with van der Waals surface area (Å²) in [5.41, 5.74) is -0.0219. The quantitative estimate of drug-likeness (QED) is 0.925. The minimum absolute atomic E-state index is 0.0841. The molecule has 21 heavy (non-hydrogen) atoms. The monoisotopic (exact) mass is 313 g/mol. The first-order valence-electron chi connectivity index (χ1n) is 6.95. The zero-order chi connectivity index (χ0) is 15.7. The van der Waals surface area contributed by atoms with Gasteiger partial charge in [0, 0.05) is 6.42 Å². The van der Waals surface area contributed by atoms with Crippen LogP contribution in [0.25, 0.3) is 0 Å². The first kappa shape index (κ1) is 15.9. The van der Waals surface area contributed by atoms with Crippen LogP contribution < -0.4 is 5.32 Å². The second-order valence-corrected chi connectivity index (χ2v) is 8.39. The van der Waals surface area contributed by atoms with E-state index >= 15 is 0 Å². The van der Waals surface area contributed by atoms with Crippen molar-refractivity contribution in [2.45, 2.75) is 32.2 Å². The highest BCUT2D eigenvalue weighted by atomic mass is 32.2. The predicted octanol–water partition coefficient (Wildman–Crippen LogP) is 2.00. The molecule has 2 rings (SSSR count). The van der Waals surface area contributed by atoms with Gasteiger partial charge in [0.25, 0.3) is 0 Å². The minimum Gasteiger partial charge on any atom is -0.347 e. The molecule has 1 atom stereocenters. The van der Waals surface area contributed by atoms with Gasteiger partial charge in [-0.05, 0) is 43.9 Å². The van der Waals surface area contributed by atoms with Gasteiger partial charge in [0.1, 0.15) is 5.82 Å². The molecule has 1 N–H and O–H groups in total. The van der Waals surface area contributed by atoms with E-state index in [9.17, 15) is 17.6 Å². The summed E-state index contributed by atoms with van der Waals surface area (Å²) in [7, 11) is -2.97. The van der Waals surface area contributed by atoms with E-state index in [0.717, 1.165) is 0 Å². The van der Waals surface area contributed by atoms with E-state index in [2.05, 4.69) is 5.32 Å². The third-order valence-electron chi connectivity index (χ3n) is 3.80. The Morgan fingerprint density at radius 3 is 2.71 bits per heavy atom. The molecule has 0 aromatic heterocycles. The van der Waals surface area contributed by atoms with Gasteiger partial charge in [0.05, 0.1) is 17.0 Å². The van der Waals surface area contributed by atoms with Crippen LogP contribution in [0.4, 0.5) is 4.39 Å². The number of amides is 1. The Hall–Kier alpha value is -1.43. The highest BCUT2D eigenvalue weighted by Gasteiger charge is 2.31. The summed E-state index contributed by atoms with van der Waals surface area (Å²) in [6.45, 7) is 3.59. The van der Waals surface area contributed by atoms with Crippen molar-refractivity contribution in [3.8, 4) is 0 Å². The standard InChI is InChI=1S/C15H20FNO3S/c1-15(2,12-4-3-5-13(16)9-12)17-14(18)8-11-6-7-21(19,20)10-11/h3-5,9,11H,6-8,10H2,1-2H3,(H,17,18). The molecule has 1 heterocycles. The lowest BCUT2D eigenvalue weighted by molar-refractivity contribution is -0.123. The van der Waals surface area contributed by atoms with Crippen LogP contribution in [-0.4, -0.2) is 25.8 Å². The van der Waals surface area contributed by atoms with Crippen molar-refractivity contribution >= 4 is 15.7 Å². The van der Waals surface area contributed by atoms with E-state index in [1.807, 2.05) is 0 Å². The van der Waals surface area contributed by atoms with Crippen LogP contribution in [0.1, 0.15) is 32.3 Å². The van der Waals surface area contributed by atoms with Gasteiger partial charge in [-0.25, -0.2) is 12.8 Å².